The van der Waals surface area contributed by atoms with E-state index in [1.54, 1.807) is 40.5 Å². The number of aromatic amines is 1. The molecule has 7 nitrogen and oxygen atoms in total. The van der Waals surface area contributed by atoms with E-state index in [2.05, 4.69) is 20.6 Å². The molecule has 0 bridgehead atoms. The van der Waals surface area contributed by atoms with Crippen LogP contribution in [0.2, 0.25) is 0 Å². The first kappa shape index (κ1) is 21.3. The molecule has 0 fully saturated rings. The molecule has 0 saturated heterocycles. The maximum absolute atomic E-state index is 13.5. The average Bonchev–Trinajstić information content (AvgIpc) is 3.17. The van der Waals surface area contributed by atoms with Gasteiger partial charge in [0, 0.05) is 42.8 Å². The van der Waals surface area contributed by atoms with Gasteiger partial charge in [-0.3, -0.25) is 4.99 Å². The zero-order valence-corrected chi connectivity index (χ0v) is 17.6. The Morgan fingerprint density at radius 1 is 1.03 bits per heavy atom. The van der Waals surface area contributed by atoms with Crippen LogP contribution in [-0.2, 0) is 13.0 Å². The maximum Gasteiger partial charge on any atom is 0.191 e. The molecule has 0 aliphatic rings. The van der Waals surface area contributed by atoms with Crippen molar-refractivity contribution >= 4 is 16.9 Å². The molecule has 0 atom stereocenters. The minimum atomic E-state index is -0.240. The number of halogens is 1. The van der Waals surface area contributed by atoms with Gasteiger partial charge in [0.25, 0.3) is 0 Å². The third-order valence-corrected chi connectivity index (χ3v) is 4.89. The zero-order chi connectivity index (χ0) is 21.5. The van der Waals surface area contributed by atoms with Gasteiger partial charge in [-0.2, -0.15) is 0 Å². The molecule has 3 N–H and O–H groups in total. The number of methoxy groups -OCH3 is 3. The van der Waals surface area contributed by atoms with Gasteiger partial charge >= 0.3 is 0 Å². The Hall–Kier alpha value is -3.42. The highest BCUT2D eigenvalue weighted by molar-refractivity contribution is 5.83. The minimum absolute atomic E-state index is 0.240. The molecular weight excluding hydrogens is 387 g/mol. The van der Waals surface area contributed by atoms with Gasteiger partial charge in [-0.1, -0.05) is 0 Å². The normalized spacial score (nSPS) is 11.4. The van der Waals surface area contributed by atoms with Crippen LogP contribution in [0, 0.1) is 5.82 Å². The SMILES string of the molecule is CN=C(NCCc1c[nH]c2ccc(F)cc12)NCc1c(OC)cc(OC)cc1OC. The summed E-state index contributed by atoms with van der Waals surface area (Å²) in [7, 11) is 6.52. The number of hydrogen-bond acceptors (Lipinski definition) is 4. The van der Waals surface area contributed by atoms with Crippen LogP contribution in [0.3, 0.4) is 0 Å². The molecule has 0 amide bonds. The molecule has 0 aliphatic heterocycles. The fraction of sp³-hybridized carbons (Fsp3) is 0.318. The molecule has 1 aromatic heterocycles. The van der Waals surface area contributed by atoms with Crippen molar-refractivity contribution in [3.8, 4) is 17.2 Å². The van der Waals surface area contributed by atoms with Gasteiger partial charge in [0.1, 0.15) is 23.1 Å². The lowest BCUT2D eigenvalue weighted by molar-refractivity contribution is 0.368. The lowest BCUT2D eigenvalue weighted by Crippen LogP contribution is -2.38. The van der Waals surface area contributed by atoms with Gasteiger partial charge in [0.05, 0.1) is 33.4 Å². The highest BCUT2D eigenvalue weighted by Gasteiger charge is 2.14. The summed E-state index contributed by atoms with van der Waals surface area (Å²) in [5, 5.41) is 7.44. The summed E-state index contributed by atoms with van der Waals surface area (Å²) in [5.41, 5.74) is 2.83. The van der Waals surface area contributed by atoms with Crippen LogP contribution in [-0.4, -0.2) is 45.9 Å². The van der Waals surface area contributed by atoms with Gasteiger partial charge in [-0.25, -0.2) is 4.39 Å². The van der Waals surface area contributed by atoms with E-state index in [1.165, 1.54) is 6.07 Å². The Morgan fingerprint density at radius 3 is 2.40 bits per heavy atom. The van der Waals surface area contributed by atoms with Crippen LogP contribution in [0.25, 0.3) is 10.9 Å². The molecule has 0 saturated carbocycles. The summed E-state index contributed by atoms with van der Waals surface area (Å²) in [5.74, 6) is 2.38. The third-order valence-electron chi connectivity index (χ3n) is 4.89. The number of nitrogens with one attached hydrogen (secondary N) is 3. The van der Waals surface area contributed by atoms with Crippen molar-refractivity contribution in [1.29, 1.82) is 0 Å². The Balaban J connectivity index is 1.62. The molecule has 0 spiro atoms. The third kappa shape index (κ3) is 4.76. The number of fused-ring (bicyclic) bond motifs is 1. The number of H-pyrrole nitrogens is 1. The molecule has 3 rings (SSSR count). The highest BCUT2D eigenvalue weighted by atomic mass is 19.1. The van der Waals surface area contributed by atoms with Crippen LogP contribution in [0.5, 0.6) is 17.2 Å². The summed E-state index contributed by atoms with van der Waals surface area (Å²) in [6.07, 6.45) is 2.63. The second-order valence-corrected chi connectivity index (χ2v) is 6.62. The van der Waals surface area contributed by atoms with Crippen LogP contribution >= 0.6 is 0 Å². The molecule has 3 aromatic rings. The van der Waals surface area contributed by atoms with E-state index < -0.39 is 0 Å². The topological polar surface area (TPSA) is 79.9 Å². The van der Waals surface area contributed by atoms with Crippen molar-refractivity contribution in [2.24, 2.45) is 4.99 Å². The van der Waals surface area contributed by atoms with Crippen LogP contribution < -0.4 is 24.8 Å². The largest absolute Gasteiger partial charge is 0.496 e. The summed E-state index contributed by atoms with van der Waals surface area (Å²) in [6.45, 7) is 1.09. The fourth-order valence-corrected chi connectivity index (χ4v) is 3.32. The van der Waals surface area contributed by atoms with Crippen molar-refractivity contribution in [3.05, 3.63) is 53.5 Å². The second-order valence-electron chi connectivity index (χ2n) is 6.62. The van der Waals surface area contributed by atoms with E-state index in [0.717, 1.165) is 28.5 Å². The van der Waals surface area contributed by atoms with Gasteiger partial charge < -0.3 is 29.8 Å². The van der Waals surface area contributed by atoms with E-state index in [1.807, 2.05) is 18.3 Å². The Labute approximate surface area is 175 Å². The fourth-order valence-electron chi connectivity index (χ4n) is 3.32. The molecule has 0 aliphatic carbocycles. The van der Waals surface area contributed by atoms with E-state index in [4.69, 9.17) is 14.2 Å². The zero-order valence-electron chi connectivity index (χ0n) is 17.6. The maximum atomic E-state index is 13.5. The Bertz CT molecular complexity index is 1010. The van der Waals surface area contributed by atoms with E-state index in [9.17, 15) is 4.39 Å². The number of rotatable bonds is 8. The summed E-state index contributed by atoms with van der Waals surface area (Å²) < 4.78 is 29.8. The number of nitrogens with zero attached hydrogens (tertiary/aromatic N) is 1. The van der Waals surface area contributed by atoms with Crippen LogP contribution in [0.15, 0.2) is 41.5 Å². The standard InChI is InChI=1S/C22H27FN4O3/c1-24-22(25-8-7-14-12-26-19-6-5-15(23)9-17(14)19)27-13-18-20(29-3)10-16(28-2)11-21(18)30-4/h5-6,9-12,26H,7-8,13H2,1-4H3,(H2,24,25,27). The molecule has 1 heterocycles. The van der Waals surface area contributed by atoms with Gasteiger partial charge in [-0.15, -0.1) is 0 Å². The van der Waals surface area contributed by atoms with Gasteiger partial charge in [0.2, 0.25) is 0 Å². The van der Waals surface area contributed by atoms with Crippen molar-refractivity contribution in [2.75, 3.05) is 34.9 Å². The Kier molecular flexibility index (Phi) is 7.00. The van der Waals surface area contributed by atoms with Crippen molar-refractivity contribution in [3.63, 3.8) is 0 Å². The predicted molar refractivity (Wildman–Crippen MR) is 116 cm³/mol. The molecule has 0 unspecified atom stereocenters. The minimum Gasteiger partial charge on any atom is -0.496 e. The molecule has 160 valence electrons. The van der Waals surface area contributed by atoms with Crippen LogP contribution in [0.4, 0.5) is 4.39 Å². The lowest BCUT2D eigenvalue weighted by Gasteiger charge is -2.17. The first-order valence-electron chi connectivity index (χ1n) is 9.58. The molecule has 30 heavy (non-hydrogen) atoms. The van der Waals surface area contributed by atoms with Gasteiger partial charge in [0.15, 0.2) is 5.96 Å². The number of guanidine groups is 1. The highest BCUT2D eigenvalue weighted by Crippen LogP contribution is 2.33. The van der Waals surface area contributed by atoms with E-state index in [0.29, 0.717) is 36.3 Å². The lowest BCUT2D eigenvalue weighted by atomic mass is 10.1. The van der Waals surface area contributed by atoms with Crippen LogP contribution in [0.1, 0.15) is 11.1 Å². The van der Waals surface area contributed by atoms with Crippen molar-refractivity contribution in [1.82, 2.24) is 15.6 Å². The van der Waals surface area contributed by atoms with Gasteiger partial charge in [-0.05, 0) is 30.2 Å². The van der Waals surface area contributed by atoms with E-state index in [-0.39, 0.29) is 5.82 Å². The second kappa shape index (κ2) is 9.87. The molecule has 8 heteroatoms. The Morgan fingerprint density at radius 2 is 1.77 bits per heavy atom. The number of aliphatic imine (C=N–C) groups is 1. The number of benzene rings is 2. The molecular formula is C22H27FN4O3. The summed E-state index contributed by atoms with van der Waals surface area (Å²) >= 11 is 0. The summed E-state index contributed by atoms with van der Waals surface area (Å²) in [4.78, 5) is 7.43. The number of hydrogen-bond donors (Lipinski definition) is 3. The first-order valence-corrected chi connectivity index (χ1v) is 9.58. The summed E-state index contributed by atoms with van der Waals surface area (Å²) in [6, 6.07) is 8.38. The molecule has 2 aromatic carbocycles. The number of ether oxygens (including phenoxy) is 3. The van der Waals surface area contributed by atoms with E-state index >= 15 is 0 Å². The monoisotopic (exact) mass is 414 g/mol. The average molecular weight is 414 g/mol. The smallest absolute Gasteiger partial charge is 0.191 e. The first-order chi connectivity index (χ1) is 14.6. The quantitative estimate of drug-likeness (QED) is 0.390. The van der Waals surface area contributed by atoms with Crippen molar-refractivity contribution < 1.29 is 18.6 Å². The molecule has 0 radical (unpaired) electrons. The predicted octanol–water partition coefficient (Wildman–Crippen LogP) is 3.24. The van der Waals surface area contributed by atoms with Crippen molar-refractivity contribution in [2.45, 2.75) is 13.0 Å². The number of aromatic nitrogens is 1.